The predicted octanol–water partition coefficient (Wildman–Crippen LogP) is 4.07. The second-order valence-corrected chi connectivity index (χ2v) is 5.91. The fraction of sp³-hybridized carbons (Fsp3) is 0.538. The molecule has 2 N–H and O–H groups in total. The van der Waals surface area contributed by atoms with Crippen LogP contribution >= 0.6 is 11.8 Å². The van der Waals surface area contributed by atoms with Gasteiger partial charge >= 0.3 is 5.51 Å². The lowest BCUT2D eigenvalue weighted by Gasteiger charge is -2.28. The average molecular weight is 275 g/mol. The third-order valence-corrected chi connectivity index (χ3v) is 4.35. The van der Waals surface area contributed by atoms with E-state index in [0.717, 1.165) is 31.2 Å². The van der Waals surface area contributed by atoms with Crippen molar-refractivity contribution in [2.75, 3.05) is 6.54 Å². The Morgan fingerprint density at radius 1 is 1.22 bits per heavy atom. The van der Waals surface area contributed by atoms with Crippen molar-refractivity contribution in [2.45, 2.75) is 41.5 Å². The number of thioether (sulfide) groups is 1. The van der Waals surface area contributed by atoms with Crippen molar-refractivity contribution < 1.29 is 13.2 Å². The molecule has 1 aromatic carbocycles. The predicted molar refractivity (Wildman–Crippen MR) is 67.6 cm³/mol. The van der Waals surface area contributed by atoms with Crippen molar-refractivity contribution in [3.63, 3.8) is 0 Å². The van der Waals surface area contributed by atoms with E-state index in [-0.39, 0.29) is 22.1 Å². The summed E-state index contributed by atoms with van der Waals surface area (Å²) >= 11 is -0.0579. The molecule has 0 heterocycles. The molecule has 0 bridgehead atoms. The van der Waals surface area contributed by atoms with Crippen LogP contribution in [0.25, 0.3) is 0 Å². The minimum atomic E-state index is -4.23. The van der Waals surface area contributed by atoms with E-state index in [4.69, 9.17) is 5.73 Å². The van der Waals surface area contributed by atoms with E-state index in [1.54, 1.807) is 12.1 Å². The van der Waals surface area contributed by atoms with E-state index >= 15 is 0 Å². The molecule has 5 heteroatoms. The van der Waals surface area contributed by atoms with E-state index < -0.39 is 5.51 Å². The van der Waals surface area contributed by atoms with Gasteiger partial charge < -0.3 is 5.73 Å². The van der Waals surface area contributed by atoms with Crippen molar-refractivity contribution >= 4 is 11.8 Å². The molecule has 100 valence electrons. The van der Waals surface area contributed by atoms with Crippen LogP contribution in [0, 0.1) is 0 Å². The molecule has 1 nitrogen and oxygen atoms in total. The van der Waals surface area contributed by atoms with Crippen molar-refractivity contribution in [1.82, 2.24) is 0 Å². The minimum Gasteiger partial charge on any atom is -0.330 e. The third-order valence-electron chi connectivity index (χ3n) is 3.63. The Bertz CT molecular complexity index is 411. The normalized spacial score (nSPS) is 19.1. The summed E-state index contributed by atoms with van der Waals surface area (Å²) in [7, 11) is 0. The average Bonchev–Trinajstić information content (AvgIpc) is 2.77. The largest absolute Gasteiger partial charge is 0.446 e. The molecule has 1 fully saturated rings. The van der Waals surface area contributed by atoms with Gasteiger partial charge in [-0.15, -0.1) is 0 Å². The fourth-order valence-electron chi connectivity index (χ4n) is 2.69. The van der Waals surface area contributed by atoms with Gasteiger partial charge in [-0.3, -0.25) is 0 Å². The van der Waals surface area contributed by atoms with Gasteiger partial charge in [-0.1, -0.05) is 25.0 Å². The van der Waals surface area contributed by atoms with Gasteiger partial charge in [0.1, 0.15) is 0 Å². The minimum absolute atomic E-state index is 0.0579. The standard InChI is InChI=1S/C13H16F3NS/c14-13(15,16)18-11-5-3-4-10(8-11)12(9-17)6-1-2-7-12/h3-5,8H,1-2,6-7,9,17H2. The van der Waals surface area contributed by atoms with Gasteiger partial charge in [0.25, 0.3) is 0 Å². The Labute approximate surface area is 109 Å². The van der Waals surface area contributed by atoms with Gasteiger partial charge in [-0.05, 0) is 42.3 Å². The zero-order chi connectivity index (χ0) is 13.2. The number of rotatable bonds is 3. The van der Waals surface area contributed by atoms with Gasteiger partial charge in [0, 0.05) is 16.9 Å². The summed E-state index contributed by atoms with van der Waals surface area (Å²) in [6, 6.07) is 6.74. The number of hydrogen-bond donors (Lipinski definition) is 1. The van der Waals surface area contributed by atoms with Gasteiger partial charge in [0.05, 0.1) is 0 Å². The molecule has 0 unspecified atom stereocenters. The molecule has 0 aliphatic heterocycles. The molecule has 0 aromatic heterocycles. The van der Waals surface area contributed by atoms with Crippen LogP contribution in [0.4, 0.5) is 13.2 Å². The first kappa shape index (κ1) is 13.7. The number of nitrogens with two attached hydrogens (primary N) is 1. The summed E-state index contributed by atoms with van der Waals surface area (Å²) in [6.07, 6.45) is 4.16. The molecule has 0 radical (unpaired) electrons. The molecule has 1 aliphatic carbocycles. The van der Waals surface area contributed by atoms with E-state index in [1.165, 1.54) is 6.07 Å². The molecule has 0 spiro atoms. The molecular formula is C13H16F3NS. The van der Waals surface area contributed by atoms with Gasteiger partial charge in [0.15, 0.2) is 0 Å². The van der Waals surface area contributed by atoms with Crippen LogP contribution < -0.4 is 5.73 Å². The first-order valence-corrected chi connectivity index (χ1v) is 6.83. The summed E-state index contributed by atoms with van der Waals surface area (Å²) in [4.78, 5) is 0.250. The van der Waals surface area contributed by atoms with E-state index in [9.17, 15) is 13.2 Å². The van der Waals surface area contributed by atoms with Crippen molar-refractivity contribution in [3.05, 3.63) is 29.8 Å². The first-order valence-electron chi connectivity index (χ1n) is 6.02. The Balaban J connectivity index is 2.26. The summed E-state index contributed by atoms with van der Waals surface area (Å²) in [5, 5.41) is 0. The molecule has 0 amide bonds. The molecule has 0 atom stereocenters. The Morgan fingerprint density at radius 2 is 1.89 bits per heavy atom. The van der Waals surface area contributed by atoms with Crippen molar-refractivity contribution in [1.29, 1.82) is 0 Å². The molecule has 1 aliphatic rings. The third kappa shape index (κ3) is 3.01. The first-order chi connectivity index (χ1) is 8.45. The zero-order valence-electron chi connectivity index (χ0n) is 9.96. The molecular weight excluding hydrogens is 259 g/mol. The van der Waals surface area contributed by atoms with Crippen molar-refractivity contribution in [3.8, 4) is 0 Å². The SMILES string of the molecule is NCC1(c2cccc(SC(F)(F)F)c2)CCCC1. The molecule has 0 saturated heterocycles. The number of halogens is 3. The maximum Gasteiger partial charge on any atom is 0.446 e. The molecule has 1 saturated carbocycles. The zero-order valence-corrected chi connectivity index (χ0v) is 10.8. The van der Waals surface area contributed by atoms with Gasteiger partial charge in [0.2, 0.25) is 0 Å². The second kappa shape index (κ2) is 5.13. The van der Waals surface area contributed by atoms with Crippen LogP contribution in [0.3, 0.4) is 0 Å². The highest BCUT2D eigenvalue weighted by Gasteiger charge is 2.35. The van der Waals surface area contributed by atoms with E-state index in [1.807, 2.05) is 6.07 Å². The summed E-state index contributed by atoms with van der Waals surface area (Å²) in [5.74, 6) is 0. The van der Waals surface area contributed by atoms with Crippen LogP contribution in [0.5, 0.6) is 0 Å². The highest BCUT2D eigenvalue weighted by molar-refractivity contribution is 8.00. The number of hydrogen-bond acceptors (Lipinski definition) is 2. The van der Waals surface area contributed by atoms with E-state index in [0.29, 0.717) is 6.54 Å². The summed E-state index contributed by atoms with van der Waals surface area (Å²) < 4.78 is 37.1. The number of alkyl halides is 3. The van der Waals surface area contributed by atoms with Crippen LogP contribution in [-0.2, 0) is 5.41 Å². The fourth-order valence-corrected chi connectivity index (χ4v) is 3.29. The van der Waals surface area contributed by atoms with Gasteiger partial charge in [-0.2, -0.15) is 13.2 Å². The highest BCUT2D eigenvalue weighted by atomic mass is 32.2. The lowest BCUT2D eigenvalue weighted by Crippen LogP contribution is -2.31. The van der Waals surface area contributed by atoms with Crippen LogP contribution in [0.1, 0.15) is 31.2 Å². The maximum atomic E-state index is 12.4. The highest BCUT2D eigenvalue weighted by Crippen LogP contribution is 2.43. The molecule has 18 heavy (non-hydrogen) atoms. The monoisotopic (exact) mass is 275 g/mol. The summed E-state index contributed by atoms with van der Waals surface area (Å²) in [6.45, 7) is 0.507. The Kier molecular flexibility index (Phi) is 3.92. The topological polar surface area (TPSA) is 26.0 Å². The molecule has 1 aromatic rings. The summed E-state index contributed by atoms with van der Waals surface area (Å²) in [5.41, 5.74) is 2.46. The quantitative estimate of drug-likeness (QED) is 0.841. The van der Waals surface area contributed by atoms with Gasteiger partial charge in [-0.25, -0.2) is 0 Å². The van der Waals surface area contributed by atoms with Crippen molar-refractivity contribution in [2.24, 2.45) is 5.73 Å². The van der Waals surface area contributed by atoms with Crippen LogP contribution in [0.15, 0.2) is 29.2 Å². The lowest BCUT2D eigenvalue weighted by atomic mass is 9.79. The van der Waals surface area contributed by atoms with E-state index in [2.05, 4.69) is 0 Å². The second-order valence-electron chi connectivity index (χ2n) is 4.77. The Hall–Kier alpha value is -0.680. The van der Waals surface area contributed by atoms with Crippen LogP contribution in [-0.4, -0.2) is 12.1 Å². The lowest BCUT2D eigenvalue weighted by molar-refractivity contribution is -0.0328. The smallest absolute Gasteiger partial charge is 0.330 e. The maximum absolute atomic E-state index is 12.4. The van der Waals surface area contributed by atoms with Crippen LogP contribution in [0.2, 0.25) is 0 Å². The number of benzene rings is 1. The Morgan fingerprint density at radius 3 is 2.44 bits per heavy atom. The molecule has 2 rings (SSSR count).